The lowest BCUT2D eigenvalue weighted by Gasteiger charge is -2.20. The molecule has 2 aromatic carbocycles. The van der Waals surface area contributed by atoms with Crippen LogP contribution in [0.25, 0.3) is 0 Å². The van der Waals surface area contributed by atoms with E-state index in [1.165, 1.54) is 5.56 Å². The van der Waals surface area contributed by atoms with Crippen molar-refractivity contribution in [1.29, 1.82) is 0 Å². The first-order chi connectivity index (χ1) is 9.61. The molecule has 2 aromatic rings. The van der Waals surface area contributed by atoms with Gasteiger partial charge in [0.1, 0.15) is 0 Å². The van der Waals surface area contributed by atoms with Crippen LogP contribution in [0.1, 0.15) is 24.1 Å². The maximum atomic E-state index is 6.42. The van der Waals surface area contributed by atoms with Crippen molar-refractivity contribution in [3.05, 3.63) is 67.6 Å². The summed E-state index contributed by atoms with van der Waals surface area (Å²) in [5, 5.41) is 4.30. The molecule has 0 radical (unpaired) electrons. The second-order valence-corrected chi connectivity index (χ2v) is 6.73. The second kappa shape index (κ2) is 7.60. The van der Waals surface area contributed by atoms with Crippen LogP contribution in [0.5, 0.6) is 0 Å². The number of nitrogens with one attached hydrogen (secondary N) is 1. The molecule has 0 heterocycles. The maximum Gasteiger partial charge on any atom is 0.0595 e. The molecule has 1 unspecified atom stereocenters. The van der Waals surface area contributed by atoms with Gasteiger partial charge < -0.3 is 5.32 Å². The molecule has 0 amide bonds. The largest absolute Gasteiger partial charge is 0.310 e. The van der Waals surface area contributed by atoms with Crippen molar-refractivity contribution in [3.63, 3.8) is 0 Å². The molecule has 0 aliphatic heterocycles. The smallest absolute Gasteiger partial charge is 0.0595 e. The fourth-order valence-corrected chi connectivity index (χ4v) is 3.09. The molecular weight excluding hydrogens is 401 g/mol. The minimum absolute atomic E-state index is 0.214. The van der Waals surface area contributed by atoms with Gasteiger partial charge in [-0.05, 0) is 58.2 Å². The molecular formula is C16H16Br2ClN. The van der Waals surface area contributed by atoms with Crippen molar-refractivity contribution in [3.8, 4) is 0 Å². The van der Waals surface area contributed by atoms with Gasteiger partial charge in [-0.25, -0.2) is 0 Å². The van der Waals surface area contributed by atoms with Crippen LogP contribution in [-0.2, 0) is 6.42 Å². The average Bonchev–Trinajstić information content (AvgIpc) is 2.44. The summed E-state index contributed by atoms with van der Waals surface area (Å²) >= 11 is 13.4. The highest BCUT2D eigenvalue weighted by Crippen LogP contribution is 2.31. The number of benzene rings is 2. The van der Waals surface area contributed by atoms with Gasteiger partial charge in [-0.2, -0.15) is 0 Å². The Balaban J connectivity index is 2.26. The monoisotopic (exact) mass is 415 g/mol. The fourth-order valence-electron chi connectivity index (χ4n) is 2.18. The van der Waals surface area contributed by atoms with Crippen molar-refractivity contribution < 1.29 is 0 Å². The molecule has 0 aromatic heterocycles. The zero-order valence-corrected chi connectivity index (χ0v) is 15.1. The van der Waals surface area contributed by atoms with Gasteiger partial charge in [0, 0.05) is 15.0 Å². The Morgan fingerprint density at radius 1 is 1.10 bits per heavy atom. The number of hydrogen-bond donors (Lipinski definition) is 1. The van der Waals surface area contributed by atoms with Crippen LogP contribution in [0, 0.1) is 0 Å². The molecule has 0 saturated heterocycles. The fraction of sp³-hybridized carbons (Fsp3) is 0.250. The summed E-state index contributed by atoms with van der Waals surface area (Å²) in [7, 11) is 0. The highest BCUT2D eigenvalue weighted by atomic mass is 79.9. The van der Waals surface area contributed by atoms with Crippen LogP contribution in [0.4, 0.5) is 0 Å². The van der Waals surface area contributed by atoms with E-state index in [1.54, 1.807) is 0 Å². The summed E-state index contributed by atoms with van der Waals surface area (Å²) in [5.41, 5.74) is 2.42. The quantitative estimate of drug-likeness (QED) is 0.652. The summed E-state index contributed by atoms with van der Waals surface area (Å²) in [6.07, 6.45) is 0.914. The molecule has 20 heavy (non-hydrogen) atoms. The van der Waals surface area contributed by atoms with E-state index in [-0.39, 0.29) is 6.04 Å². The highest BCUT2D eigenvalue weighted by Gasteiger charge is 2.15. The van der Waals surface area contributed by atoms with Gasteiger partial charge in [0.05, 0.1) is 5.02 Å². The predicted octanol–water partition coefficient (Wildman–Crippen LogP) is 5.76. The molecule has 0 aliphatic carbocycles. The molecule has 0 fully saturated rings. The van der Waals surface area contributed by atoms with Gasteiger partial charge in [-0.3, -0.25) is 0 Å². The van der Waals surface area contributed by atoms with Gasteiger partial charge in [-0.15, -0.1) is 0 Å². The lowest BCUT2D eigenvalue weighted by atomic mass is 9.99. The number of halogens is 3. The van der Waals surface area contributed by atoms with Crippen molar-refractivity contribution in [2.45, 2.75) is 19.4 Å². The Kier molecular flexibility index (Phi) is 6.09. The van der Waals surface area contributed by atoms with Crippen LogP contribution in [0.15, 0.2) is 51.4 Å². The van der Waals surface area contributed by atoms with E-state index in [2.05, 4.69) is 74.4 Å². The van der Waals surface area contributed by atoms with E-state index in [0.717, 1.165) is 32.5 Å². The molecule has 1 N–H and O–H groups in total. The van der Waals surface area contributed by atoms with Gasteiger partial charge in [0.15, 0.2) is 0 Å². The summed E-state index contributed by atoms with van der Waals surface area (Å²) < 4.78 is 2.04. The van der Waals surface area contributed by atoms with Crippen molar-refractivity contribution in [2.75, 3.05) is 6.54 Å². The Hall–Kier alpha value is -0.350. The Bertz CT molecular complexity index is 569. The van der Waals surface area contributed by atoms with Crippen molar-refractivity contribution >= 4 is 43.5 Å². The van der Waals surface area contributed by atoms with E-state index in [9.17, 15) is 0 Å². The third-order valence-electron chi connectivity index (χ3n) is 3.16. The summed E-state index contributed by atoms with van der Waals surface area (Å²) in [6.45, 7) is 3.02. The predicted molar refractivity (Wildman–Crippen MR) is 93.4 cm³/mol. The van der Waals surface area contributed by atoms with Crippen LogP contribution in [0.3, 0.4) is 0 Å². The van der Waals surface area contributed by atoms with Gasteiger partial charge >= 0.3 is 0 Å². The summed E-state index contributed by atoms with van der Waals surface area (Å²) in [6, 6.07) is 14.7. The molecule has 0 aliphatic rings. The van der Waals surface area contributed by atoms with Crippen LogP contribution >= 0.6 is 43.5 Å². The minimum Gasteiger partial charge on any atom is -0.310 e. The van der Waals surface area contributed by atoms with Crippen molar-refractivity contribution in [2.24, 2.45) is 0 Å². The van der Waals surface area contributed by atoms with Crippen LogP contribution in [0.2, 0.25) is 5.02 Å². The first-order valence-electron chi connectivity index (χ1n) is 6.53. The number of rotatable bonds is 5. The van der Waals surface area contributed by atoms with E-state index < -0.39 is 0 Å². The lowest BCUT2D eigenvalue weighted by Crippen LogP contribution is -2.23. The number of likely N-dealkylation sites (N-methyl/N-ethyl adjacent to an activating group) is 1. The molecule has 0 bridgehead atoms. The number of hydrogen-bond acceptors (Lipinski definition) is 1. The second-order valence-electron chi connectivity index (χ2n) is 4.58. The first kappa shape index (κ1) is 16.0. The SMILES string of the molecule is CCNC(Cc1ccc(Br)cc1)c1cccc(Br)c1Cl. The summed E-state index contributed by atoms with van der Waals surface area (Å²) in [5.74, 6) is 0. The van der Waals surface area contributed by atoms with E-state index in [1.807, 2.05) is 12.1 Å². The zero-order valence-electron chi connectivity index (χ0n) is 11.2. The normalized spacial score (nSPS) is 12.4. The molecule has 0 spiro atoms. The van der Waals surface area contributed by atoms with Crippen LogP contribution in [-0.4, -0.2) is 6.54 Å². The third-order valence-corrected chi connectivity index (χ3v) is 5.00. The van der Waals surface area contributed by atoms with E-state index >= 15 is 0 Å². The molecule has 2 rings (SSSR count). The van der Waals surface area contributed by atoms with Gasteiger partial charge in [0.25, 0.3) is 0 Å². The first-order valence-corrected chi connectivity index (χ1v) is 8.50. The topological polar surface area (TPSA) is 12.0 Å². The zero-order chi connectivity index (χ0) is 14.5. The van der Waals surface area contributed by atoms with Gasteiger partial charge in [-0.1, -0.05) is 58.7 Å². The minimum atomic E-state index is 0.214. The van der Waals surface area contributed by atoms with Crippen LogP contribution < -0.4 is 5.32 Å². The van der Waals surface area contributed by atoms with Gasteiger partial charge in [0.2, 0.25) is 0 Å². The third kappa shape index (κ3) is 4.08. The molecule has 1 atom stereocenters. The summed E-state index contributed by atoms with van der Waals surface area (Å²) in [4.78, 5) is 0. The standard InChI is InChI=1S/C16H16Br2ClN/c1-2-20-15(10-11-6-8-12(17)9-7-11)13-4-3-5-14(18)16(13)19/h3-9,15,20H,2,10H2,1H3. The van der Waals surface area contributed by atoms with E-state index in [0.29, 0.717) is 0 Å². The Morgan fingerprint density at radius 3 is 2.45 bits per heavy atom. The highest BCUT2D eigenvalue weighted by molar-refractivity contribution is 9.10. The maximum absolute atomic E-state index is 6.42. The molecule has 1 nitrogen and oxygen atoms in total. The van der Waals surface area contributed by atoms with E-state index in [4.69, 9.17) is 11.6 Å². The molecule has 106 valence electrons. The average molecular weight is 418 g/mol. The molecule has 4 heteroatoms. The van der Waals surface area contributed by atoms with Crippen molar-refractivity contribution in [1.82, 2.24) is 5.32 Å². The Labute approximate surface area is 142 Å². The lowest BCUT2D eigenvalue weighted by molar-refractivity contribution is 0.550. The molecule has 0 saturated carbocycles. The Morgan fingerprint density at radius 2 is 1.80 bits per heavy atom.